The van der Waals surface area contributed by atoms with Gasteiger partial charge in [0.15, 0.2) is 0 Å². The molecule has 0 aliphatic carbocycles. The number of benzene rings is 1. The number of likely N-dealkylation sites (tertiary alicyclic amines) is 1. The van der Waals surface area contributed by atoms with Crippen molar-refractivity contribution in [3.63, 3.8) is 0 Å². The average Bonchev–Trinajstić information content (AvgIpc) is 2.87. The lowest BCUT2D eigenvalue weighted by atomic mass is 10.1. The fourth-order valence-corrected chi connectivity index (χ4v) is 2.93. The van der Waals surface area contributed by atoms with Crippen molar-refractivity contribution in [2.24, 2.45) is 0 Å². The van der Waals surface area contributed by atoms with Gasteiger partial charge in [-0.15, -0.1) is 0 Å². The summed E-state index contributed by atoms with van der Waals surface area (Å²) >= 11 is 0. The molecule has 1 N–H and O–H groups in total. The first-order valence-corrected chi connectivity index (χ1v) is 7.58. The van der Waals surface area contributed by atoms with Crippen molar-refractivity contribution in [1.29, 1.82) is 0 Å². The summed E-state index contributed by atoms with van der Waals surface area (Å²) in [4.78, 5) is 10.7. The molecule has 0 bridgehead atoms. The Morgan fingerprint density at radius 1 is 1.05 bits per heavy atom. The normalized spacial score (nSPS) is 17.1. The zero-order valence-electron chi connectivity index (χ0n) is 11.6. The van der Waals surface area contributed by atoms with Crippen molar-refractivity contribution < 1.29 is 0 Å². The summed E-state index contributed by atoms with van der Waals surface area (Å²) in [5.74, 6) is 1.14. The van der Waals surface area contributed by atoms with Crippen LogP contribution in [0.25, 0.3) is 11.0 Å². The molecule has 1 aliphatic rings. The van der Waals surface area contributed by atoms with Gasteiger partial charge in [-0.2, -0.15) is 0 Å². The van der Waals surface area contributed by atoms with Crippen LogP contribution >= 0.6 is 0 Å². The maximum absolute atomic E-state index is 4.63. The molecule has 3 rings (SSSR count). The Kier molecular flexibility index (Phi) is 4.13. The van der Waals surface area contributed by atoms with Crippen LogP contribution in [-0.2, 0) is 6.42 Å². The summed E-state index contributed by atoms with van der Waals surface area (Å²) in [6.07, 6.45) is 7.80. The monoisotopic (exact) mass is 257 g/mol. The molecule has 0 radical (unpaired) electrons. The highest BCUT2D eigenvalue weighted by molar-refractivity contribution is 5.74. The molecular formula is C16H23N3. The number of imidazole rings is 1. The van der Waals surface area contributed by atoms with Crippen LogP contribution < -0.4 is 0 Å². The molecule has 1 saturated heterocycles. The molecule has 0 amide bonds. The fraction of sp³-hybridized carbons (Fsp3) is 0.562. The lowest BCUT2D eigenvalue weighted by molar-refractivity contribution is 0.225. The number of para-hydroxylation sites is 2. The number of H-pyrrole nitrogens is 1. The summed E-state index contributed by atoms with van der Waals surface area (Å²) in [5.41, 5.74) is 2.25. The molecule has 1 fully saturated rings. The Bertz CT molecular complexity index is 478. The Hall–Kier alpha value is -1.35. The number of aromatic nitrogens is 2. The Morgan fingerprint density at radius 3 is 2.74 bits per heavy atom. The van der Waals surface area contributed by atoms with Crippen molar-refractivity contribution in [2.45, 2.75) is 38.5 Å². The van der Waals surface area contributed by atoms with Crippen LogP contribution in [0.3, 0.4) is 0 Å². The molecule has 19 heavy (non-hydrogen) atoms. The summed E-state index contributed by atoms with van der Waals surface area (Å²) in [6, 6.07) is 8.27. The van der Waals surface area contributed by atoms with Gasteiger partial charge < -0.3 is 9.88 Å². The summed E-state index contributed by atoms with van der Waals surface area (Å²) in [7, 11) is 0. The van der Waals surface area contributed by atoms with Crippen molar-refractivity contribution in [2.75, 3.05) is 19.6 Å². The maximum atomic E-state index is 4.63. The second-order valence-corrected chi connectivity index (χ2v) is 5.56. The summed E-state index contributed by atoms with van der Waals surface area (Å²) < 4.78 is 0. The number of aromatic amines is 1. The first kappa shape index (κ1) is 12.7. The van der Waals surface area contributed by atoms with Crippen LogP contribution in [0.4, 0.5) is 0 Å². The van der Waals surface area contributed by atoms with E-state index in [-0.39, 0.29) is 0 Å². The molecule has 1 aromatic heterocycles. The predicted octanol–water partition coefficient (Wildman–Crippen LogP) is 3.37. The minimum atomic E-state index is 1.07. The SMILES string of the molecule is c1ccc2[nH]c(CCCCN3CCCCC3)nc2c1. The number of piperidine rings is 1. The molecule has 2 aromatic rings. The number of aryl methyl sites for hydroxylation is 1. The van der Waals surface area contributed by atoms with Crippen molar-refractivity contribution in [3.8, 4) is 0 Å². The van der Waals surface area contributed by atoms with Gasteiger partial charge in [-0.3, -0.25) is 0 Å². The number of fused-ring (bicyclic) bond motifs is 1. The summed E-state index contributed by atoms with van der Waals surface area (Å²) in [5, 5.41) is 0. The lowest BCUT2D eigenvalue weighted by Crippen LogP contribution is -2.30. The van der Waals surface area contributed by atoms with Gasteiger partial charge in [0.1, 0.15) is 5.82 Å². The van der Waals surface area contributed by atoms with Crippen molar-refractivity contribution >= 4 is 11.0 Å². The van der Waals surface area contributed by atoms with Gasteiger partial charge in [-0.25, -0.2) is 4.98 Å². The third kappa shape index (κ3) is 3.35. The van der Waals surface area contributed by atoms with Gasteiger partial charge in [-0.05, 0) is 57.5 Å². The number of hydrogen-bond donors (Lipinski definition) is 1. The topological polar surface area (TPSA) is 31.9 Å². The van der Waals surface area contributed by atoms with E-state index < -0.39 is 0 Å². The Labute approximate surface area is 115 Å². The molecule has 3 heteroatoms. The largest absolute Gasteiger partial charge is 0.342 e. The molecule has 2 heterocycles. The standard InChI is InChI=1S/C16H23N3/c1-5-11-19(12-6-1)13-7-4-10-16-17-14-8-2-3-9-15(14)18-16/h2-3,8-9H,1,4-7,10-13H2,(H,17,18). The molecule has 1 aromatic carbocycles. The fourth-order valence-electron chi connectivity index (χ4n) is 2.93. The third-order valence-electron chi connectivity index (χ3n) is 4.03. The van der Waals surface area contributed by atoms with Crippen LogP contribution in [0.1, 0.15) is 37.9 Å². The van der Waals surface area contributed by atoms with E-state index in [9.17, 15) is 0 Å². The predicted molar refractivity (Wildman–Crippen MR) is 79.3 cm³/mol. The van der Waals surface area contributed by atoms with E-state index in [1.807, 2.05) is 6.07 Å². The number of unbranched alkanes of at least 4 members (excludes halogenated alkanes) is 1. The molecule has 0 saturated carbocycles. The van der Waals surface area contributed by atoms with E-state index in [2.05, 4.69) is 33.1 Å². The van der Waals surface area contributed by atoms with Crippen LogP contribution in [0.15, 0.2) is 24.3 Å². The molecule has 0 unspecified atom stereocenters. The van der Waals surface area contributed by atoms with Crippen molar-refractivity contribution in [1.82, 2.24) is 14.9 Å². The van der Waals surface area contributed by atoms with E-state index >= 15 is 0 Å². The van der Waals surface area contributed by atoms with Crippen LogP contribution in [-0.4, -0.2) is 34.5 Å². The van der Waals surface area contributed by atoms with Gasteiger partial charge in [0, 0.05) is 6.42 Å². The zero-order chi connectivity index (χ0) is 12.9. The first-order chi connectivity index (χ1) is 9.42. The number of nitrogens with one attached hydrogen (secondary N) is 1. The van der Waals surface area contributed by atoms with Gasteiger partial charge in [0.25, 0.3) is 0 Å². The first-order valence-electron chi connectivity index (χ1n) is 7.58. The quantitative estimate of drug-likeness (QED) is 0.833. The van der Waals surface area contributed by atoms with Gasteiger partial charge in [0.05, 0.1) is 11.0 Å². The number of nitrogens with zero attached hydrogens (tertiary/aromatic N) is 2. The minimum Gasteiger partial charge on any atom is -0.342 e. The second kappa shape index (κ2) is 6.20. The molecule has 0 spiro atoms. The van der Waals surface area contributed by atoms with E-state index in [0.717, 1.165) is 23.3 Å². The highest BCUT2D eigenvalue weighted by Gasteiger charge is 2.09. The molecule has 3 nitrogen and oxygen atoms in total. The zero-order valence-corrected chi connectivity index (χ0v) is 11.6. The number of hydrogen-bond acceptors (Lipinski definition) is 2. The van der Waals surface area contributed by atoms with E-state index in [1.54, 1.807) is 0 Å². The summed E-state index contributed by atoms with van der Waals surface area (Å²) in [6.45, 7) is 3.88. The molecule has 1 aliphatic heterocycles. The van der Waals surface area contributed by atoms with E-state index in [0.29, 0.717) is 0 Å². The van der Waals surface area contributed by atoms with Crippen LogP contribution in [0.5, 0.6) is 0 Å². The Morgan fingerprint density at radius 2 is 1.89 bits per heavy atom. The van der Waals surface area contributed by atoms with E-state index in [4.69, 9.17) is 0 Å². The van der Waals surface area contributed by atoms with E-state index in [1.165, 1.54) is 51.7 Å². The van der Waals surface area contributed by atoms with Gasteiger partial charge in [0.2, 0.25) is 0 Å². The van der Waals surface area contributed by atoms with Gasteiger partial charge in [-0.1, -0.05) is 18.6 Å². The smallest absolute Gasteiger partial charge is 0.107 e. The average molecular weight is 257 g/mol. The molecule has 0 atom stereocenters. The van der Waals surface area contributed by atoms with Crippen LogP contribution in [0.2, 0.25) is 0 Å². The van der Waals surface area contributed by atoms with Crippen LogP contribution in [0, 0.1) is 0 Å². The number of rotatable bonds is 5. The third-order valence-corrected chi connectivity index (χ3v) is 4.03. The lowest BCUT2D eigenvalue weighted by Gasteiger charge is -2.26. The minimum absolute atomic E-state index is 1.07. The Balaban J connectivity index is 1.44. The van der Waals surface area contributed by atoms with Crippen molar-refractivity contribution in [3.05, 3.63) is 30.1 Å². The molecule has 102 valence electrons. The highest BCUT2D eigenvalue weighted by atomic mass is 15.1. The molecular weight excluding hydrogens is 234 g/mol. The highest BCUT2D eigenvalue weighted by Crippen LogP contribution is 2.13. The van der Waals surface area contributed by atoms with Gasteiger partial charge >= 0.3 is 0 Å². The maximum Gasteiger partial charge on any atom is 0.107 e. The second-order valence-electron chi connectivity index (χ2n) is 5.56.